The van der Waals surface area contributed by atoms with E-state index in [9.17, 15) is 0 Å². The largest absolute Gasteiger partial charge is 0.384 e. The first-order valence-corrected chi connectivity index (χ1v) is 10.5. The van der Waals surface area contributed by atoms with E-state index in [-0.39, 0.29) is 0 Å². The van der Waals surface area contributed by atoms with Crippen LogP contribution in [0.25, 0.3) is 16.7 Å². The van der Waals surface area contributed by atoms with Gasteiger partial charge in [-0.1, -0.05) is 45.0 Å². The molecule has 0 aliphatic carbocycles. The maximum absolute atomic E-state index is 4.62. The second kappa shape index (κ2) is 7.54. The second-order valence-electron chi connectivity index (χ2n) is 9.24. The standard InChI is InChI=1S/C24H31N5/c1-16-7-8-21-18(13-16)9-12-29(21)23-22-20(26-15-27-23)14-19(28-22)17(2)25-11-6-10-24(3,4)5/h7-8,13-15,25,28H,2,6,9-12H2,1,3-5H3. The summed E-state index contributed by atoms with van der Waals surface area (Å²) >= 11 is 0. The lowest BCUT2D eigenvalue weighted by molar-refractivity contribution is 0.365. The predicted octanol–water partition coefficient (Wildman–Crippen LogP) is 5.35. The summed E-state index contributed by atoms with van der Waals surface area (Å²) in [6.07, 6.45) is 5.00. The molecule has 0 saturated heterocycles. The van der Waals surface area contributed by atoms with Crippen molar-refractivity contribution in [1.29, 1.82) is 0 Å². The molecule has 1 aliphatic heterocycles. The monoisotopic (exact) mass is 389 g/mol. The molecule has 0 unspecified atom stereocenters. The van der Waals surface area contributed by atoms with Crippen LogP contribution in [0.15, 0.2) is 37.2 Å². The average Bonchev–Trinajstić information content (AvgIpc) is 3.27. The second-order valence-corrected chi connectivity index (χ2v) is 9.24. The summed E-state index contributed by atoms with van der Waals surface area (Å²) < 4.78 is 0. The predicted molar refractivity (Wildman–Crippen MR) is 122 cm³/mol. The zero-order valence-corrected chi connectivity index (χ0v) is 18.0. The van der Waals surface area contributed by atoms with Crippen LogP contribution in [0.2, 0.25) is 0 Å². The zero-order valence-electron chi connectivity index (χ0n) is 18.0. The average molecular weight is 390 g/mol. The number of anilines is 2. The summed E-state index contributed by atoms with van der Waals surface area (Å²) in [7, 11) is 0. The van der Waals surface area contributed by atoms with E-state index in [1.165, 1.54) is 23.2 Å². The molecule has 5 heteroatoms. The number of rotatable bonds is 6. The van der Waals surface area contributed by atoms with Gasteiger partial charge in [0.25, 0.3) is 0 Å². The van der Waals surface area contributed by atoms with Crippen LogP contribution in [-0.4, -0.2) is 28.0 Å². The molecule has 3 heterocycles. The third-order valence-electron chi connectivity index (χ3n) is 5.55. The normalized spacial score (nSPS) is 13.7. The number of aromatic amines is 1. The number of fused-ring (bicyclic) bond motifs is 2. The van der Waals surface area contributed by atoms with E-state index in [4.69, 9.17) is 0 Å². The van der Waals surface area contributed by atoms with Crippen molar-refractivity contribution in [2.24, 2.45) is 5.41 Å². The Bertz CT molecular complexity index is 1040. The highest BCUT2D eigenvalue weighted by Crippen LogP contribution is 2.37. The number of nitrogens with zero attached hydrogens (tertiary/aromatic N) is 3. The molecule has 0 atom stereocenters. The van der Waals surface area contributed by atoms with Gasteiger partial charge in [-0.15, -0.1) is 0 Å². The van der Waals surface area contributed by atoms with Crippen molar-refractivity contribution in [2.45, 2.75) is 47.0 Å². The number of nitrogens with one attached hydrogen (secondary N) is 2. The molecule has 2 N–H and O–H groups in total. The maximum atomic E-state index is 4.62. The number of aryl methyl sites for hydroxylation is 1. The Morgan fingerprint density at radius 3 is 2.86 bits per heavy atom. The van der Waals surface area contributed by atoms with Gasteiger partial charge in [0.2, 0.25) is 0 Å². The Kier molecular flexibility index (Phi) is 5.07. The van der Waals surface area contributed by atoms with Gasteiger partial charge < -0.3 is 15.2 Å². The highest BCUT2D eigenvalue weighted by Gasteiger charge is 2.24. The summed E-state index contributed by atoms with van der Waals surface area (Å²) in [6, 6.07) is 8.70. The number of hydrogen-bond donors (Lipinski definition) is 2. The van der Waals surface area contributed by atoms with E-state index in [2.05, 4.69) is 83.7 Å². The maximum Gasteiger partial charge on any atom is 0.160 e. The fraction of sp³-hybridized carbons (Fsp3) is 0.417. The molecule has 4 rings (SSSR count). The minimum Gasteiger partial charge on any atom is -0.384 e. The molecule has 3 aromatic rings. The van der Waals surface area contributed by atoms with E-state index in [0.717, 1.165) is 54.2 Å². The van der Waals surface area contributed by atoms with Gasteiger partial charge in [-0.3, -0.25) is 0 Å². The molecule has 2 aromatic heterocycles. The molecule has 0 bridgehead atoms. The molecule has 29 heavy (non-hydrogen) atoms. The van der Waals surface area contributed by atoms with Crippen LogP contribution in [0.1, 0.15) is 50.4 Å². The Balaban J connectivity index is 1.55. The van der Waals surface area contributed by atoms with Crippen LogP contribution in [0.4, 0.5) is 11.5 Å². The minimum absolute atomic E-state index is 0.360. The lowest BCUT2D eigenvalue weighted by Crippen LogP contribution is -2.16. The third-order valence-corrected chi connectivity index (χ3v) is 5.55. The Morgan fingerprint density at radius 2 is 2.07 bits per heavy atom. The smallest absolute Gasteiger partial charge is 0.160 e. The van der Waals surface area contributed by atoms with Gasteiger partial charge in [-0.25, -0.2) is 9.97 Å². The molecular formula is C24H31N5. The fourth-order valence-electron chi connectivity index (χ4n) is 4.00. The quantitative estimate of drug-likeness (QED) is 0.558. The third kappa shape index (κ3) is 4.14. The molecule has 1 aromatic carbocycles. The van der Waals surface area contributed by atoms with Crippen molar-refractivity contribution in [1.82, 2.24) is 20.3 Å². The van der Waals surface area contributed by atoms with Crippen molar-refractivity contribution in [2.75, 3.05) is 18.0 Å². The van der Waals surface area contributed by atoms with E-state index in [0.29, 0.717) is 5.41 Å². The van der Waals surface area contributed by atoms with Gasteiger partial charge in [-0.05, 0) is 49.3 Å². The molecule has 0 spiro atoms. The highest BCUT2D eigenvalue weighted by atomic mass is 15.2. The molecule has 1 aliphatic rings. The molecule has 152 valence electrons. The van der Waals surface area contributed by atoms with Crippen molar-refractivity contribution >= 4 is 28.2 Å². The van der Waals surface area contributed by atoms with Crippen LogP contribution in [-0.2, 0) is 6.42 Å². The zero-order chi connectivity index (χ0) is 20.6. The summed E-state index contributed by atoms with van der Waals surface area (Å²) in [6.45, 7) is 15.0. The van der Waals surface area contributed by atoms with E-state index in [1.54, 1.807) is 6.33 Å². The minimum atomic E-state index is 0.360. The van der Waals surface area contributed by atoms with Crippen LogP contribution in [0, 0.1) is 12.3 Å². The highest BCUT2D eigenvalue weighted by molar-refractivity contribution is 5.92. The number of hydrogen-bond acceptors (Lipinski definition) is 4. The first-order valence-electron chi connectivity index (χ1n) is 10.5. The fourth-order valence-corrected chi connectivity index (χ4v) is 4.00. The van der Waals surface area contributed by atoms with Crippen molar-refractivity contribution in [3.8, 4) is 0 Å². The summed E-state index contributed by atoms with van der Waals surface area (Å²) in [4.78, 5) is 14.9. The first-order chi connectivity index (χ1) is 13.8. The van der Waals surface area contributed by atoms with Crippen molar-refractivity contribution in [3.63, 3.8) is 0 Å². The molecule has 0 amide bonds. The van der Waals surface area contributed by atoms with Crippen LogP contribution in [0.5, 0.6) is 0 Å². The van der Waals surface area contributed by atoms with Crippen molar-refractivity contribution in [3.05, 3.63) is 54.0 Å². The topological polar surface area (TPSA) is 56.8 Å². The first kappa shape index (κ1) is 19.5. The van der Waals surface area contributed by atoms with Gasteiger partial charge in [0.1, 0.15) is 11.8 Å². The van der Waals surface area contributed by atoms with Gasteiger partial charge >= 0.3 is 0 Å². The van der Waals surface area contributed by atoms with Crippen LogP contribution < -0.4 is 10.2 Å². The number of aromatic nitrogens is 3. The Morgan fingerprint density at radius 1 is 1.24 bits per heavy atom. The van der Waals surface area contributed by atoms with Crippen molar-refractivity contribution < 1.29 is 0 Å². The van der Waals surface area contributed by atoms with E-state index in [1.807, 2.05) is 0 Å². The van der Waals surface area contributed by atoms with Crippen LogP contribution >= 0.6 is 0 Å². The Labute approximate surface area is 173 Å². The summed E-state index contributed by atoms with van der Waals surface area (Å²) in [5.41, 5.74) is 8.05. The number of H-pyrrole nitrogens is 1. The summed E-state index contributed by atoms with van der Waals surface area (Å²) in [5, 5.41) is 3.46. The molecule has 0 radical (unpaired) electrons. The van der Waals surface area contributed by atoms with Gasteiger partial charge in [-0.2, -0.15) is 0 Å². The Hall–Kier alpha value is -2.82. The molecule has 0 fully saturated rings. The molecule has 5 nitrogen and oxygen atoms in total. The van der Waals surface area contributed by atoms with E-state index < -0.39 is 0 Å². The molecule has 0 saturated carbocycles. The molecular weight excluding hydrogens is 358 g/mol. The SMILES string of the molecule is C=C(NCCCC(C)(C)C)c1cc2ncnc(N3CCc4cc(C)ccc43)c2[nH]1. The lowest BCUT2D eigenvalue weighted by atomic mass is 9.91. The lowest BCUT2D eigenvalue weighted by Gasteiger charge is -2.19. The van der Waals surface area contributed by atoms with Gasteiger partial charge in [0, 0.05) is 18.8 Å². The van der Waals surface area contributed by atoms with E-state index >= 15 is 0 Å². The number of benzene rings is 1. The van der Waals surface area contributed by atoms with Gasteiger partial charge in [0.15, 0.2) is 5.82 Å². The summed E-state index contributed by atoms with van der Waals surface area (Å²) in [5.74, 6) is 0.935. The van der Waals surface area contributed by atoms with Gasteiger partial charge in [0.05, 0.1) is 16.9 Å². The van der Waals surface area contributed by atoms with Crippen LogP contribution in [0.3, 0.4) is 0 Å².